The van der Waals surface area contributed by atoms with Gasteiger partial charge in [0.2, 0.25) is 0 Å². The van der Waals surface area contributed by atoms with Crippen molar-refractivity contribution in [1.29, 1.82) is 0 Å². The normalized spacial score (nSPS) is 26.7. The molecule has 5 heteroatoms. The summed E-state index contributed by atoms with van der Waals surface area (Å²) in [6.45, 7) is 2.12. The van der Waals surface area contributed by atoms with Crippen LogP contribution in [0.2, 0.25) is 0 Å². The van der Waals surface area contributed by atoms with Gasteiger partial charge in [0, 0.05) is 6.07 Å². The molecule has 4 atom stereocenters. The lowest BCUT2D eigenvalue weighted by atomic mass is 9.57. The third-order valence-electron chi connectivity index (χ3n) is 6.94. The summed E-state index contributed by atoms with van der Waals surface area (Å²) in [5, 5.41) is 0. The summed E-state index contributed by atoms with van der Waals surface area (Å²) >= 11 is 0. The molecule has 29 heavy (non-hydrogen) atoms. The molecule has 0 bridgehead atoms. The molecule has 0 aliphatic heterocycles. The van der Waals surface area contributed by atoms with Crippen molar-refractivity contribution in [2.24, 2.45) is 11.8 Å². The van der Waals surface area contributed by atoms with Crippen LogP contribution in [0.5, 0.6) is 0 Å². The van der Waals surface area contributed by atoms with Crippen LogP contribution < -0.4 is 0 Å². The van der Waals surface area contributed by atoms with Gasteiger partial charge >= 0.3 is 6.18 Å². The summed E-state index contributed by atoms with van der Waals surface area (Å²) in [7, 11) is 0. The molecule has 1 fully saturated rings. The number of rotatable bonds is 3. The summed E-state index contributed by atoms with van der Waals surface area (Å²) in [5.74, 6) is -0.257. The van der Waals surface area contributed by atoms with E-state index in [4.69, 9.17) is 0 Å². The minimum Gasteiger partial charge on any atom is -0.207 e. The second-order valence-corrected chi connectivity index (χ2v) is 8.54. The lowest BCUT2D eigenvalue weighted by molar-refractivity contribution is -0.137. The zero-order valence-corrected chi connectivity index (χ0v) is 16.4. The highest BCUT2D eigenvalue weighted by molar-refractivity contribution is 5.38. The SMILES string of the molecule is CCC[C@@H]1CC[C@H]2c3cc(F)cc(F)c3CC[C@@H]2[C@H]1c1ccc(C(F)(F)F)cc1. The Hall–Kier alpha value is -1.91. The Morgan fingerprint density at radius 2 is 1.69 bits per heavy atom. The fourth-order valence-corrected chi connectivity index (χ4v) is 5.79. The van der Waals surface area contributed by atoms with Crippen molar-refractivity contribution in [3.8, 4) is 0 Å². The van der Waals surface area contributed by atoms with E-state index in [1.54, 1.807) is 12.1 Å². The molecule has 156 valence electrons. The maximum Gasteiger partial charge on any atom is 0.416 e. The van der Waals surface area contributed by atoms with Gasteiger partial charge < -0.3 is 0 Å². The van der Waals surface area contributed by atoms with Crippen molar-refractivity contribution < 1.29 is 22.0 Å². The minimum absolute atomic E-state index is 0.0596. The van der Waals surface area contributed by atoms with Crippen LogP contribution in [0.4, 0.5) is 22.0 Å². The summed E-state index contributed by atoms with van der Waals surface area (Å²) in [6, 6.07) is 7.98. The molecule has 4 rings (SSSR count). The second kappa shape index (κ2) is 7.73. The van der Waals surface area contributed by atoms with Crippen molar-refractivity contribution >= 4 is 0 Å². The first-order valence-electron chi connectivity index (χ1n) is 10.4. The van der Waals surface area contributed by atoms with Gasteiger partial charge in [-0.15, -0.1) is 0 Å². The van der Waals surface area contributed by atoms with E-state index in [1.165, 1.54) is 6.07 Å². The smallest absolute Gasteiger partial charge is 0.207 e. The Kier molecular flexibility index (Phi) is 5.43. The Labute approximate surface area is 168 Å². The van der Waals surface area contributed by atoms with E-state index >= 15 is 0 Å². The molecule has 0 saturated heterocycles. The molecule has 0 N–H and O–H groups in total. The van der Waals surface area contributed by atoms with Crippen LogP contribution in [0.15, 0.2) is 36.4 Å². The molecule has 2 aliphatic carbocycles. The summed E-state index contributed by atoms with van der Waals surface area (Å²) < 4.78 is 67.3. The summed E-state index contributed by atoms with van der Waals surface area (Å²) in [6.07, 6.45) is 0.818. The molecule has 0 amide bonds. The molecular weight excluding hydrogens is 383 g/mol. The van der Waals surface area contributed by atoms with Crippen molar-refractivity contribution in [2.45, 2.75) is 63.5 Å². The van der Waals surface area contributed by atoms with E-state index in [1.807, 2.05) is 0 Å². The van der Waals surface area contributed by atoms with Crippen LogP contribution in [-0.4, -0.2) is 0 Å². The number of fused-ring (bicyclic) bond motifs is 3. The van der Waals surface area contributed by atoms with Crippen LogP contribution in [0.3, 0.4) is 0 Å². The molecule has 2 aliphatic rings. The molecule has 0 radical (unpaired) electrons. The van der Waals surface area contributed by atoms with Crippen LogP contribution >= 0.6 is 0 Å². The Morgan fingerprint density at radius 1 is 0.966 bits per heavy atom. The molecule has 0 spiro atoms. The third-order valence-corrected chi connectivity index (χ3v) is 6.94. The average Bonchev–Trinajstić information content (AvgIpc) is 2.67. The largest absolute Gasteiger partial charge is 0.416 e. The van der Waals surface area contributed by atoms with Crippen LogP contribution in [-0.2, 0) is 12.6 Å². The molecule has 0 aromatic heterocycles. The highest BCUT2D eigenvalue weighted by Gasteiger charge is 2.43. The maximum atomic E-state index is 14.3. The lowest BCUT2D eigenvalue weighted by Gasteiger charge is -2.47. The molecule has 1 saturated carbocycles. The number of halogens is 5. The summed E-state index contributed by atoms with van der Waals surface area (Å²) in [5.41, 5.74) is 1.67. The first-order chi connectivity index (χ1) is 13.8. The van der Waals surface area contributed by atoms with Crippen molar-refractivity contribution in [3.05, 3.63) is 70.3 Å². The van der Waals surface area contributed by atoms with E-state index in [-0.39, 0.29) is 17.8 Å². The van der Waals surface area contributed by atoms with E-state index in [0.717, 1.165) is 61.4 Å². The van der Waals surface area contributed by atoms with E-state index in [0.29, 0.717) is 17.9 Å². The van der Waals surface area contributed by atoms with Gasteiger partial charge in [-0.05, 0) is 84.2 Å². The van der Waals surface area contributed by atoms with Gasteiger partial charge in [-0.3, -0.25) is 0 Å². The van der Waals surface area contributed by atoms with Crippen LogP contribution in [0.25, 0.3) is 0 Å². The molecule has 2 aromatic rings. The second-order valence-electron chi connectivity index (χ2n) is 8.54. The number of benzene rings is 2. The van der Waals surface area contributed by atoms with Gasteiger partial charge in [0.25, 0.3) is 0 Å². The van der Waals surface area contributed by atoms with E-state index < -0.39 is 23.4 Å². The van der Waals surface area contributed by atoms with Gasteiger partial charge in [-0.2, -0.15) is 13.2 Å². The fraction of sp³-hybridized carbons (Fsp3) is 0.500. The highest BCUT2D eigenvalue weighted by atomic mass is 19.4. The predicted octanol–water partition coefficient (Wildman–Crippen LogP) is 7.62. The van der Waals surface area contributed by atoms with Gasteiger partial charge in [-0.1, -0.05) is 31.9 Å². The van der Waals surface area contributed by atoms with Crippen molar-refractivity contribution in [3.63, 3.8) is 0 Å². The molecule has 2 aromatic carbocycles. The minimum atomic E-state index is -4.35. The Bertz CT molecular complexity index is 868. The predicted molar refractivity (Wildman–Crippen MR) is 103 cm³/mol. The lowest BCUT2D eigenvalue weighted by Crippen LogP contribution is -2.35. The van der Waals surface area contributed by atoms with Crippen molar-refractivity contribution in [2.75, 3.05) is 0 Å². The fourth-order valence-electron chi connectivity index (χ4n) is 5.79. The summed E-state index contributed by atoms with van der Waals surface area (Å²) in [4.78, 5) is 0. The van der Waals surface area contributed by atoms with Gasteiger partial charge in [0.15, 0.2) is 0 Å². The van der Waals surface area contributed by atoms with Crippen LogP contribution in [0.1, 0.15) is 73.1 Å². The zero-order chi connectivity index (χ0) is 20.8. The molecule has 0 unspecified atom stereocenters. The molecule has 0 nitrogen and oxygen atoms in total. The molecular formula is C24H25F5. The number of hydrogen-bond acceptors (Lipinski definition) is 0. The van der Waals surface area contributed by atoms with Gasteiger partial charge in [0.1, 0.15) is 11.6 Å². The van der Waals surface area contributed by atoms with Crippen molar-refractivity contribution in [1.82, 2.24) is 0 Å². The van der Waals surface area contributed by atoms with Crippen LogP contribution in [0, 0.1) is 23.5 Å². The first-order valence-corrected chi connectivity index (χ1v) is 10.4. The Morgan fingerprint density at radius 3 is 2.34 bits per heavy atom. The van der Waals surface area contributed by atoms with Gasteiger partial charge in [0.05, 0.1) is 5.56 Å². The quantitative estimate of drug-likeness (QED) is 0.458. The maximum absolute atomic E-state index is 14.3. The Balaban J connectivity index is 1.72. The van der Waals surface area contributed by atoms with E-state index in [9.17, 15) is 22.0 Å². The van der Waals surface area contributed by atoms with Gasteiger partial charge in [-0.25, -0.2) is 8.78 Å². The zero-order valence-electron chi connectivity index (χ0n) is 16.4. The molecule has 0 heterocycles. The highest BCUT2D eigenvalue weighted by Crippen LogP contribution is 2.55. The number of hydrogen-bond donors (Lipinski definition) is 0. The first kappa shape index (κ1) is 20.4. The third kappa shape index (κ3) is 3.80. The van der Waals surface area contributed by atoms with E-state index in [2.05, 4.69) is 6.92 Å². The standard InChI is InChI=1S/C24H25F5/c1-2-3-14-6-9-18-20(11-10-19-21(18)12-17(25)13-22(19)26)23(14)15-4-7-16(8-5-15)24(27,28)29/h4-5,7-8,12-14,18,20,23H,2-3,6,9-11H2,1H3/t14-,18-,20+,23-/m1/s1. The number of alkyl halides is 3. The monoisotopic (exact) mass is 408 g/mol. The average molecular weight is 408 g/mol. The topological polar surface area (TPSA) is 0 Å².